The highest BCUT2D eigenvalue weighted by molar-refractivity contribution is 6.30. The van der Waals surface area contributed by atoms with Crippen molar-refractivity contribution in [3.63, 3.8) is 0 Å². The van der Waals surface area contributed by atoms with Crippen molar-refractivity contribution >= 4 is 11.6 Å². The van der Waals surface area contributed by atoms with Crippen LogP contribution < -0.4 is 10.6 Å². The van der Waals surface area contributed by atoms with Crippen molar-refractivity contribution in [2.24, 2.45) is 0 Å². The molecule has 2 nitrogen and oxygen atoms in total. The van der Waals surface area contributed by atoms with E-state index in [-0.39, 0.29) is 10.8 Å². The van der Waals surface area contributed by atoms with E-state index in [1.165, 1.54) is 0 Å². The monoisotopic (exact) mass is 244 g/mol. The Kier molecular flexibility index (Phi) is 5.74. The first-order valence-electron chi connectivity index (χ1n) is 5.52. The molecule has 0 aromatic heterocycles. The number of hydrogen-bond donors (Lipinski definition) is 2. The summed E-state index contributed by atoms with van der Waals surface area (Å²) in [6.45, 7) is 6.43. The zero-order chi connectivity index (χ0) is 12.0. The predicted octanol–water partition coefficient (Wildman–Crippen LogP) is 2.57. The van der Waals surface area contributed by atoms with Gasteiger partial charge in [0.15, 0.2) is 0 Å². The van der Waals surface area contributed by atoms with E-state index < -0.39 is 0 Å². The number of likely N-dealkylation sites (N-methyl/N-ethyl adjacent to an activating group) is 1. The standard InChI is InChI=1S/C12H18ClFN2/c1-3-15-7-9(2)16-8-10-5-4-6-11(13)12(10)14/h4-6,9,15-16H,3,7-8H2,1-2H3. The second-order valence-corrected chi connectivity index (χ2v) is 4.21. The lowest BCUT2D eigenvalue weighted by atomic mass is 10.2. The Labute approximate surface area is 101 Å². The predicted molar refractivity (Wildman–Crippen MR) is 66.3 cm³/mol. The lowest BCUT2D eigenvalue weighted by Crippen LogP contribution is -2.35. The molecule has 1 unspecified atom stereocenters. The van der Waals surface area contributed by atoms with Gasteiger partial charge in [-0.2, -0.15) is 0 Å². The Morgan fingerprint density at radius 1 is 1.44 bits per heavy atom. The molecule has 0 saturated heterocycles. The van der Waals surface area contributed by atoms with E-state index in [9.17, 15) is 4.39 Å². The minimum atomic E-state index is -0.327. The molecule has 1 rings (SSSR count). The third-order valence-electron chi connectivity index (χ3n) is 2.37. The van der Waals surface area contributed by atoms with Crippen molar-refractivity contribution in [3.05, 3.63) is 34.6 Å². The average molecular weight is 245 g/mol. The van der Waals surface area contributed by atoms with Gasteiger partial charge in [-0.25, -0.2) is 4.39 Å². The summed E-state index contributed by atoms with van der Waals surface area (Å²) >= 11 is 5.70. The first-order chi connectivity index (χ1) is 7.65. The molecular weight excluding hydrogens is 227 g/mol. The fourth-order valence-electron chi connectivity index (χ4n) is 1.40. The van der Waals surface area contributed by atoms with Crippen LogP contribution in [0.5, 0.6) is 0 Å². The highest BCUT2D eigenvalue weighted by atomic mass is 35.5. The van der Waals surface area contributed by atoms with Gasteiger partial charge in [0.25, 0.3) is 0 Å². The largest absolute Gasteiger partial charge is 0.315 e. The molecule has 16 heavy (non-hydrogen) atoms. The molecule has 1 atom stereocenters. The second kappa shape index (κ2) is 6.84. The Morgan fingerprint density at radius 2 is 2.19 bits per heavy atom. The van der Waals surface area contributed by atoms with E-state index >= 15 is 0 Å². The van der Waals surface area contributed by atoms with Crippen molar-refractivity contribution in [1.82, 2.24) is 10.6 Å². The molecule has 2 N–H and O–H groups in total. The van der Waals surface area contributed by atoms with Crippen molar-refractivity contribution in [3.8, 4) is 0 Å². The fraction of sp³-hybridized carbons (Fsp3) is 0.500. The molecule has 0 spiro atoms. The maximum atomic E-state index is 13.5. The summed E-state index contributed by atoms with van der Waals surface area (Å²) in [5.41, 5.74) is 0.607. The molecule has 0 amide bonds. The summed E-state index contributed by atoms with van der Waals surface area (Å²) < 4.78 is 13.5. The second-order valence-electron chi connectivity index (χ2n) is 3.80. The van der Waals surface area contributed by atoms with Crippen LogP contribution in [-0.2, 0) is 6.54 Å². The van der Waals surface area contributed by atoms with Crippen LogP contribution >= 0.6 is 11.6 Å². The van der Waals surface area contributed by atoms with Crippen molar-refractivity contribution in [1.29, 1.82) is 0 Å². The van der Waals surface area contributed by atoms with Gasteiger partial charge >= 0.3 is 0 Å². The topological polar surface area (TPSA) is 24.1 Å². The molecule has 0 aliphatic rings. The quantitative estimate of drug-likeness (QED) is 0.804. The summed E-state index contributed by atoms with van der Waals surface area (Å²) in [6.07, 6.45) is 0. The number of hydrogen-bond acceptors (Lipinski definition) is 2. The number of nitrogens with one attached hydrogen (secondary N) is 2. The zero-order valence-electron chi connectivity index (χ0n) is 9.69. The van der Waals surface area contributed by atoms with Gasteiger partial charge in [-0.3, -0.25) is 0 Å². The molecular formula is C12H18ClFN2. The summed E-state index contributed by atoms with van der Waals surface area (Å²) in [5, 5.41) is 6.65. The molecule has 1 aromatic rings. The van der Waals surface area contributed by atoms with E-state index in [1.807, 2.05) is 0 Å². The van der Waals surface area contributed by atoms with Gasteiger partial charge in [0.05, 0.1) is 5.02 Å². The van der Waals surface area contributed by atoms with E-state index in [1.54, 1.807) is 18.2 Å². The number of benzene rings is 1. The van der Waals surface area contributed by atoms with Crippen LogP contribution in [0.25, 0.3) is 0 Å². The third-order valence-corrected chi connectivity index (χ3v) is 2.66. The maximum Gasteiger partial charge on any atom is 0.146 e. The molecule has 0 aliphatic carbocycles. The van der Waals surface area contributed by atoms with Gasteiger partial charge in [-0.15, -0.1) is 0 Å². The molecule has 0 aliphatic heterocycles. The van der Waals surface area contributed by atoms with Gasteiger partial charge < -0.3 is 10.6 Å². The molecule has 0 heterocycles. The molecule has 0 bridgehead atoms. The van der Waals surface area contributed by atoms with Gasteiger partial charge in [0.2, 0.25) is 0 Å². The Balaban J connectivity index is 2.45. The number of rotatable bonds is 6. The normalized spacial score (nSPS) is 12.8. The van der Waals surface area contributed by atoms with Crippen molar-refractivity contribution in [2.45, 2.75) is 26.4 Å². The van der Waals surface area contributed by atoms with Crippen LogP contribution in [0, 0.1) is 5.82 Å². The highest BCUT2D eigenvalue weighted by Gasteiger charge is 2.07. The SMILES string of the molecule is CCNCC(C)NCc1cccc(Cl)c1F. The van der Waals surface area contributed by atoms with Gasteiger partial charge in [-0.1, -0.05) is 30.7 Å². The maximum absolute atomic E-state index is 13.5. The minimum Gasteiger partial charge on any atom is -0.315 e. The van der Waals surface area contributed by atoms with Crippen LogP contribution in [0.2, 0.25) is 5.02 Å². The minimum absolute atomic E-state index is 0.179. The zero-order valence-corrected chi connectivity index (χ0v) is 10.4. The van der Waals surface area contributed by atoms with Crippen LogP contribution in [0.4, 0.5) is 4.39 Å². The van der Waals surface area contributed by atoms with Crippen molar-refractivity contribution in [2.75, 3.05) is 13.1 Å². The van der Waals surface area contributed by atoms with E-state index in [0.29, 0.717) is 18.2 Å². The van der Waals surface area contributed by atoms with E-state index in [0.717, 1.165) is 13.1 Å². The number of halogens is 2. The Morgan fingerprint density at radius 3 is 2.88 bits per heavy atom. The van der Waals surface area contributed by atoms with Crippen LogP contribution in [0.15, 0.2) is 18.2 Å². The van der Waals surface area contributed by atoms with Crippen LogP contribution in [-0.4, -0.2) is 19.1 Å². The molecule has 4 heteroatoms. The van der Waals surface area contributed by atoms with Gasteiger partial charge in [0, 0.05) is 24.7 Å². The summed E-state index contributed by atoms with van der Waals surface area (Å²) in [5.74, 6) is -0.327. The molecule has 1 aromatic carbocycles. The first kappa shape index (κ1) is 13.4. The lowest BCUT2D eigenvalue weighted by molar-refractivity contribution is 0.498. The molecule has 0 fully saturated rings. The summed E-state index contributed by atoms with van der Waals surface area (Å²) in [4.78, 5) is 0. The Hall–Kier alpha value is -0.640. The molecule has 0 saturated carbocycles. The van der Waals surface area contributed by atoms with Crippen molar-refractivity contribution < 1.29 is 4.39 Å². The first-order valence-corrected chi connectivity index (χ1v) is 5.90. The van der Waals surface area contributed by atoms with E-state index in [2.05, 4.69) is 24.5 Å². The van der Waals surface area contributed by atoms with Crippen LogP contribution in [0.3, 0.4) is 0 Å². The molecule has 90 valence electrons. The molecule has 0 radical (unpaired) electrons. The Bertz CT molecular complexity index is 331. The van der Waals surface area contributed by atoms with E-state index in [4.69, 9.17) is 11.6 Å². The van der Waals surface area contributed by atoms with Gasteiger partial charge in [0.1, 0.15) is 5.82 Å². The fourth-order valence-corrected chi connectivity index (χ4v) is 1.60. The summed E-state index contributed by atoms with van der Waals surface area (Å²) in [6, 6.07) is 5.37. The lowest BCUT2D eigenvalue weighted by Gasteiger charge is -2.14. The highest BCUT2D eigenvalue weighted by Crippen LogP contribution is 2.17. The smallest absolute Gasteiger partial charge is 0.146 e. The van der Waals surface area contributed by atoms with Gasteiger partial charge in [-0.05, 0) is 19.5 Å². The third kappa shape index (κ3) is 4.08. The summed E-state index contributed by atoms with van der Waals surface area (Å²) in [7, 11) is 0. The average Bonchev–Trinajstić information content (AvgIpc) is 2.28. The van der Waals surface area contributed by atoms with Crippen LogP contribution in [0.1, 0.15) is 19.4 Å².